The van der Waals surface area contributed by atoms with Crippen LogP contribution in [0.25, 0.3) is 22.0 Å². The number of nitrogens with zero attached hydrogens (tertiary/aromatic N) is 4. The second-order valence-corrected chi connectivity index (χ2v) is 13.0. The van der Waals surface area contributed by atoms with Crippen LogP contribution in [-0.4, -0.2) is 57.1 Å². The van der Waals surface area contributed by atoms with Crippen LogP contribution in [0.3, 0.4) is 0 Å². The fraction of sp³-hybridized carbons (Fsp3) is 0.483. The number of hydrogen-bond donors (Lipinski definition) is 1. The maximum absolute atomic E-state index is 15.2. The Balaban J connectivity index is 1.74. The highest BCUT2D eigenvalue weighted by molar-refractivity contribution is 7.99. The van der Waals surface area contributed by atoms with Crippen LogP contribution in [0.2, 0.25) is 0 Å². The van der Waals surface area contributed by atoms with Crippen molar-refractivity contribution < 1.29 is 31.5 Å². The van der Waals surface area contributed by atoms with Gasteiger partial charge in [-0.2, -0.15) is 18.2 Å². The molecular formula is C29H32F5N5O3S. The zero-order valence-electron chi connectivity index (χ0n) is 24.3. The number of thioether (sulfide) groups is 1. The number of nitrogens with two attached hydrogens (primary N) is 1. The van der Waals surface area contributed by atoms with Crippen LogP contribution < -0.4 is 16.3 Å². The lowest BCUT2D eigenvalue weighted by molar-refractivity contribution is -0.137. The highest BCUT2D eigenvalue weighted by Gasteiger charge is 2.40. The number of halogens is 5. The summed E-state index contributed by atoms with van der Waals surface area (Å²) < 4.78 is 80.4. The minimum Gasteiger partial charge on any atom is -0.444 e. The summed E-state index contributed by atoms with van der Waals surface area (Å²) in [5, 5.41) is 0.0701. The van der Waals surface area contributed by atoms with Crippen molar-refractivity contribution in [3.8, 4) is 11.1 Å². The largest absolute Gasteiger partial charge is 0.444 e. The number of aryl methyl sites for hydroxylation is 1. The lowest BCUT2D eigenvalue weighted by atomic mass is 9.95. The van der Waals surface area contributed by atoms with Crippen LogP contribution >= 0.6 is 11.8 Å². The van der Waals surface area contributed by atoms with E-state index in [1.165, 1.54) is 4.57 Å². The first-order valence-corrected chi connectivity index (χ1v) is 14.8. The lowest BCUT2D eigenvalue weighted by Crippen LogP contribution is -2.59. The standard InChI is InChI=1S/C29H32F5N5O3S/c1-14-12-37(13-15(2)39(14)27(41)42-28(3,4)5)25-17-9-18(29(32,33)34)22(16-10-21(35)20(31)11-19(16)30)24-23(17)38(26(40)36-25)7-6-8-43-24/h9-11,14-15H,6-8,12-13,35H2,1-5H3. The van der Waals surface area contributed by atoms with E-state index in [1.54, 1.807) is 44.4 Å². The Morgan fingerprint density at radius 3 is 2.33 bits per heavy atom. The Labute approximate surface area is 249 Å². The first-order chi connectivity index (χ1) is 20.0. The van der Waals surface area contributed by atoms with Gasteiger partial charge in [-0.15, -0.1) is 11.8 Å². The molecule has 2 aliphatic rings. The number of aromatic nitrogens is 2. The monoisotopic (exact) mass is 625 g/mol. The number of hydrogen-bond acceptors (Lipinski definition) is 7. The van der Waals surface area contributed by atoms with Gasteiger partial charge in [0.1, 0.15) is 23.1 Å². The van der Waals surface area contributed by atoms with Crippen molar-refractivity contribution >= 4 is 40.3 Å². The van der Waals surface area contributed by atoms with E-state index in [0.29, 0.717) is 18.2 Å². The lowest BCUT2D eigenvalue weighted by Gasteiger charge is -2.45. The average molecular weight is 626 g/mol. The summed E-state index contributed by atoms with van der Waals surface area (Å²) >= 11 is 1.07. The van der Waals surface area contributed by atoms with E-state index in [9.17, 15) is 27.2 Å². The fourth-order valence-corrected chi connectivity index (χ4v) is 7.00. The molecule has 2 N–H and O–H groups in total. The van der Waals surface area contributed by atoms with Gasteiger partial charge in [0.05, 0.1) is 28.9 Å². The van der Waals surface area contributed by atoms with Gasteiger partial charge in [-0.25, -0.2) is 18.4 Å². The number of nitrogen functional groups attached to an aromatic ring is 1. The molecule has 232 valence electrons. The minimum atomic E-state index is -4.95. The highest BCUT2D eigenvalue weighted by atomic mass is 32.2. The van der Waals surface area contributed by atoms with Gasteiger partial charge in [0.15, 0.2) is 0 Å². The molecule has 1 aromatic heterocycles. The number of carbonyl (C=O) groups is 1. The zero-order valence-corrected chi connectivity index (χ0v) is 25.1. The third-order valence-electron chi connectivity index (χ3n) is 7.45. The third kappa shape index (κ3) is 5.73. The molecule has 3 aromatic rings. The Morgan fingerprint density at radius 1 is 1.07 bits per heavy atom. The van der Waals surface area contributed by atoms with E-state index in [0.717, 1.165) is 23.9 Å². The molecule has 2 aromatic carbocycles. The van der Waals surface area contributed by atoms with Crippen LogP contribution in [0.5, 0.6) is 0 Å². The van der Waals surface area contributed by atoms with Crippen LogP contribution in [0.15, 0.2) is 27.9 Å². The van der Waals surface area contributed by atoms with E-state index in [1.807, 2.05) is 0 Å². The summed E-state index contributed by atoms with van der Waals surface area (Å²) in [6.07, 6.45) is -5.02. The van der Waals surface area contributed by atoms with Gasteiger partial charge in [-0.3, -0.25) is 9.47 Å². The molecule has 2 unspecified atom stereocenters. The number of amides is 1. The maximum Gasteiger partial charge on any atom is 0.417 e. The summed E-state index contributed by atoms with van der Waals surface area (Å²) in [6, 6.07) is 1.33. The van der Waals surface area contributed by atoms with Gasteiger partial charge < -0.3 is 15.4 Å². The van der Waals surface area contributed by atoms with Crippen molar-refractivity contribution in [1.82, 2.24) is 14.5 Å². The van der Waals surface area contributed by atoms with Crippen molar-refractivity contribution in [2.75, 3.05) is 29.5 Å². The Hall–Kier alpha value is -3.55. The van der Waals surface area contributed by atoms with Crippen molar-refractivity contribution in [1.29, 1.82) is 0 Å². The number of ether oxygens (including phenoxy) is 1. The van der Waals surface area contributed by atoms with Crippen molar-refractivity contribution in [3.63, 3.8) is 0 Å². The van der Waals surface area contributed by atoms with E-state index < -0.39 is 69.7 Å². The molecule has 1 saturated heterocycles. The summed E-state index contributed by atoms with van der Waals surface area (Å²) in [6.45, 7) is 9.36. The number of benzene rings is 2. The molecule has 5 rings (SSSR count). The average Bonchev–Trinajstić information content (AvgIpc) is 3.10. The smallest absolute Gasteiger partial charge is 0.417 e. The zero-order chi connectivity index (χ0) is 31.6. The van der Waals surface area contributed by atoms with E-state index in [2.05, 4.69) is 4.98 Å². The van der Waals surface area contributed by atoms with Crippen LogP contribution in [0.4, 0.5) is 38.3 Å². The molecule has 0 aliphatic carbocycles. The van der Waals surface area contributed by atoms with Crippen molar-refractivity contribution in [2.24, 2.45) is 0 Å². The van der Waals surface area contributed by atoms with Gasteiger partial charge in [0.25, 0.3) is 0 Å². The molecule has 1 amide bonds. The normalized spacial score (nSPS) is 19.5. The number of anilines is 2. The molecule has 3 heterocycles. The van der Waals surface area contributed by atoms with Crippen molar-refractivity contribution in [3.05, 3.63) is 45.9 Å². The van der Waals surface area contributed by atoms with Crippen molar-refractivity contribution in [2.45, 2.75) is 76.3 Å². The number of alkyl halides is 3. The Morgan fingerprint density at radius 2 is 1.72 bits per heavy atom. The predicted molar refractivity (Wildman–Crippen MR) is 155 cm³/mol. The molecule has 8 nitrogen and oxygen atoms in total. The highest BCUT2D eigenvalue weighted by Crippen LogP contribution is 2.49. The number of piperazine rings is 1. The summed E-state index contributed by atoms with van der Waals surface area (Å²) in [7, 11) is 0. The second-order valence-electron chi connectivity index (χ2n) is 11.9. The number of carbonyl (C=O) groups excluding carboxylic acids is 1. The number of rotatable bonds is 2. The summed E-state index contributed by atoms with van der Waals surface area (Å²) in [5.74, 6) is -1.91. The molecular weight excluding hydrogens is 593 g/mol. The molecule has 2 aliphatic heterocycles. The predicted octanol–water partition coefficient (Wildman–Crippen LogP) is 6.27. The molecule has 0 bridgehead atoms. The molecule has 1 fully saturated rings. The van der Waals surface area contributed by atoms with Gasteiger partial charge in [0, 0.05) is 47.1 Å². The van der Waals surface area contributed by atoms with Crippen LogP contribution in [-0.2, 0) is 17.5 Å². The molecule has 43 heavy (non-hydrogen) atoms. The van der Waals surface area contributed by atoms with Gasteiger partial charge in [-0.05, 0) is 58.9 Å². The Bertz CT molecular complexity index is 1660. The van der Waals surface area contributed by atoms with Gasteiger partial charge in [0.2, 0.25) is 0 Å². The van der Waals surface area contributed by atoms with Crippen LogP contribution in [0, 0.1) is 11.6 Å². The van der Waals surface area contributed by atoms with E-state index in [-0.39, 0.29) is 41.3 Å². The molecule has 2 atom stereocenters. The van der Waals surface area contributed by atoms with Gasteiger partial charge in [-0.1, -0.05) is 0 Å². The van der Waals surface area contributed by atoms with Gasteiger partial charge >= 0.3 is 18.0 Å². The third-order valence-corrected chi connectivity index (χ3v) is 8.63. The topological polar surface area (TPSA) is 93.7 Å². The molecule has 14 heteroatoms. The van der Waals surface area contributed by atoms with E-state index >= 15 is 4.39 Å². The first kappa shape index (κ1) is 30.9. The van der Waals surface area contributed by atoms with Crippen LogP contribution in [0.1, 0.15) is 46.6 Å². The fourth-order valence-electron chi connectivity index (χ4n) is 5.80. The summed E-state index contributed by atoms with van der Waals surface area (Å²) in [4.78, 5) is 33.9. The maximum atomic E-state index is 15.2. The second kappa shape index (κ2) is 10.9. The molecule has 0 spiro atoms. The summed E-state index contributed by atoms with van der Waals surface area (Å²) in [5.41, 5.74) is 1.80. The quantitative estimate of drug-likeness (QED) is 0.265. The Kier molecular flexibility index (Phi) is 7.81. The molecule has 0 radical (unpaired) electrons. The SMILES string of the molecule is CC1CN(c2nc(=O)n3c4c(c(-c5cc(N)c(F)cc5F)c(C(F)(F)F)cc24)SCCC3)CC(C)N1C(=O)OC(C)(C)C. The minimum absolute atomic E-state index is 0.0404. The van der Waals surface area contributed by atoms with E-state index in [4.69, 9.17) is 10.5 Å². The first-order valence-electron chi connectivity index (χ1n) is 13.8. The molecule has 0 saturated carbocycles.